The van der Waals surface area contributed by atoms with Crippen LogP contribution in [-0.4, -0.2) is 21.2 Å². The number of nitrogens with two attached hydrogens (primary N) is 1. The summed E-state index contributed by atoms with van der Waals surface area (Å²) in [6.45, 7) is 0. The Balaban J connectivity index is 2.60. The van der Waals surface area contributed by atoms with E-state index in [9.17, 15) is 0 Å². The molecule has 0 radical (unpaired) electrons. The van der Waals surface area contributed by atoms with Crippen molar-refractivity contribution in [3.63, 3.8) is 0 Å². The third-order valence-corrected chi connectivity index (χ3v) is 3.85. The van der Waals surface area contributed by atoms with Crippen LogP contribution in [0.5, 0.6) is 0 Å². The molecule has 0 amide bonds. The first-order valence-corrected chi connectivity index (χ1v) is 7.01. The fourth-order valence-corrected chi connectivity index (χ4v) is 2.20. The number of hydrogen-bond donors (Lipinski definition) is 1. The molecule has 0 aliphatic heterocycles. The van der Waals surface area contributed by atoms with Gasteiger partial charge in [0.2, 0.25) is 5.95 Å². The summed E-state index contributed by atoms with van der Waals surface area (Å²) < 4.78 is 0.793. The summed E-state index contributed by atoms with van der Waals surface area (Å²) in [6, 6.07) is 5.56. The number of rotatable bonds is 2. The molecule has 0 unspecified atom stereocenters. The van der Waals surface area contributed by atoms with Crippen molar-refractivity contribution in [2.75, 3.05) is 12.0 Å². The molecule has 0 aliphatic carbocycles. The van der Waals surface area contributed by atoms with E-state index >= 15 is 0 Å². The van der Waals surface area contributed by atoms with Crippen LogP contribution < -0.4 is 5.73 Å². The van der Waals surface area contributed by atoms with Crippen LogP contribution in [0.2, 0.25) is 5.02 Å². The van der Waals surface area contributed by atoms with Crippen molar-refractivity contribution in [3.05, 3.63) is 27.7 Å². The predicted octanol–water partition coefficient (Wildman–Crippen LogP) is 3.26. The number of aromatic nitrogens is 3. The number of halogens is 2. The first-order chi connectivity index (χ1) is 8.11. The lowest BCUT2D eigenvalue weighted by Gasteiger charge is -2.06. The Kier molecular flexibility index (Phi) is 3.86. The number of thioether (sulfide) groups is 1. The summed E-state index contributed by atoms with van der Waals surface area (Å²) in [7, 11) is 0. The van der Waals surface area contributed by atoms with E-state index in [-0.39, 0.29) is 5.95 Å². The van der Waals surface area contributed by atoms with Gasteiger partial charge in [0.15, 0.2) is 11.0 Å². The van der Waals surface area contributed by atoms with Crippen molar-refractivity contribution in [2.45, 2.75) is 5.16 Å². The number of nitrogens with zero attached hydrogens (tertiary/aromatic N) is 3. The highest BCUT2D eigenvalue weighted by Crippen LogP contribution is 2.32. The monoisotopic (exact) mass is 330 g/mol. The molecule has 88 valence electrons. The van der Waals surface area contributed by atoms with Gasteiger partial charge in [-0.05, 0) is 34.3 Å². The molecule has 2 rings (SSSR count). The second-order valence-corrected chi connectivity index (χ2v) is 5.11. The van der Waals surface area contributed by atoms with Crippen LogP contribution in [-0.2, 0) is 0 Å². The highest BCUT2D eigenvalue weighted by molar-refractivity contribution is 9.10. The van der Waals surface area contributed by atoms with Gasteiger partial charge in [0.25, 0.3) is 0 Å². The van der Waals surface area contributed by atoms with E-state index in [0.29, 0.717) is 16.0 Å². The van der Waals surface area contributed by atoms with Crippen LogP contribution in [0.3, 0.4) is 0 Å². The average Bonchev–Trinajstić information content (AvgIpc) is 2.31. The quantitative estimate of drug-likeness (QED) is 0.856. The number of anilines is 1. The maximum Gasteiger partial charge on any atom is 0.224 e. The fourth-order valence-electron chi connectivity index (χ4n) is 1.26. The lowest BCUT2D eigenvalue weighted by molar-refractivity contribution is 0.927. The Labute approximate surface area is 116 Å². The third kappa shape index (κ3) is 2.70. The molecule has 0 fully saturated rings. The maximum atomic E-state index is 6.18. The van der Waals surface area contributed by atoms with E-state index in [4.69, 9.17) is 17.3 Å². The lowest BCUT2D eigenvalue weighted by atomic mass is 10.2. The summed E-state index contributed by atoms with van der Waals surface area (Å²) >= 11 is 10.9. The van der Waals surface area contributed by atoms with Crippen molar-refractivity contribution in [3.8, 4) is 11.4 Å². The zero-order valence-corrected chi connectivity index (χ0v) is 12.0. The van der Waals surface area contributed by atoms with Gasteiger partial charge in [-0.2, -0.15) is 9.97 Å². The van der Waals surface area contributed by atoms with Gasteiger partial charge < -0.3 is 5.73 Å². The van der Waals surface area contributed by atoms with Crippen LogP contribution in [0.1, 0.15) is 0 Å². The molecular weight excluding hydrogens is 324 g/mol. The van der Waals surface area contributed by atoms with E-state index in [1.807, 2.05) is 24.5 Å². The molecule has 0 bridgehead atoms. The molecule has 2 aromatic rings. The van der Waals surface area contributed by atoms with Gasteiger partial charge in [0.05, 0.1) is 5.02 Å². The van der Waals surface area contributed by atoms with E-state index < -0.39 is 0 Å². The molecule has 0 spiro atoms. The minimum atomic E-state index is 0.190. The Morgan fingerprint density at radius 2 is 2.06 bits per heavy atom. The van der Waals surface area contributed by atoms with Gasteiger partial charge in [-0.3, -0.25) is 0 Å². The average molecular weight is 332 g/mol. The van der Waals surface area contributed by atoms with Crippen molar-refractivity contribution in [1.29, 1.82) is 0 Å². The third-order valence-electron chi connectivity index (χ3n) is 2.01. The van der Waals surface area contributed by atoms with Crippen molar-refractivity contribution >= 4 is 45.2 Å². The SMILES string of the molecule is CSc1nc(N)nc(-c2cccc(Br)c2Cl)n1. The minimum Gasteiger partial charge on any atom is -0.368 e. The molecule has 0 aliphatic rings. The Bertz CT molecular complexity index is 564. The first kappa shape index (κ1) is 12.6. The smallest absolute Gasteiger partial charge is 0.224 e. The highest BCUT2D eigenvalue weighted by atomic mass is 79.9. The predicted molar refractivity (Wildman–Crippen MR) is 74.2 cm³/mol. The normalized spacial score (nSPS) is 10.5. The zero-order chi connectivity index (χ0) is 12.4. The van der Waals surface area contributed by atoms with Crippen molar-refractivity contribution < 1.29 is 0 Å². The van der Waals surface area contributed by atoms with Crippen molar-refractivity contribution in [2.24, 2.45) is 0 Å². The fraction of sp³-hybridized carbons (Fsp3) is 0.100. The van der Waals surface area contributed by atoms with Crippen LogP contribution >= 0.6 is 39.3 Å². The summed E-state index contributed by atoms with van der Waals surface area (Å²) in [6.07, 6.45) is 1.88. The van der Waals surface area contributed by atoms with E-state index in [2.05, 4.69) is 30.9 Å². The first-order valence-electron chi connectivity index (χ1n) is 4.61. The molecule has 17 heavy (non-hydrogen) atoms. The highest BCUT2D eigenvalue weighted by Gasteiger charge is 2.11. The molecule has 1 aromatic carbocycles. The lowest BCUT2D eigenvalue weighted by Crippen LogP contribution is -2.01. The second kappa shape index (κ2) is 5.20. The Morgan fingerprint density at radius 1 is 1.29 bits per heavy atom. The van der Waals surface area contributed by atoms with Crippen LogP contribution in [0.25, 0.3) is 11.4 Å². The Hall–Kier alpha value is -0.850. The van der Waals surface area contributed by atoms with Crippen molar-refractivity contribution in [1.82, 2.24) is 15.0 Å². The molecule has 7 heteroatoms. The van der Waals surface area contributed by atoms with Gasteiger partial charge in [0.1, 0.15) is 0 Å². The molecule has 0 atom stereocenters. The van der Waals surface area contributed by atoms with Crippen LogP contribution in [0.15, 0.2) is 27.8 Å². The van der Waals surface area contributed by atoms with Gasteiger partial charge in [-0.25, -0.2) is 4.98 Å². The summed E-state index contributed by atoms with van der Waals surface area (Å²) in [5, 5.41) is 1.13. The van der Waals surface area contributed by atoms with Crippen LogP contribution in [0.4, 0.5) is 5.95 Å². The zero-order valence-electron chi connectivity index (χ0n) is 8.82. The van der Waals surface area contributed by atoms with Gasteiger partial charge in [-0.1, -0.05) is 29.4 Å². The van der Waals surface area contributed by atoms with E-state index in [1.54, 1.807) is 0 Å². The molecule has 4 nitrogen and oxygen atoms in total. The molecule has 1 heterocycles. The minimum absolute atomic E-state index is 0.190. The largest absolute Gasteiger partial charge is 0.368 e. The molecule has 2 N–H and O–H groups in total. The molecule has 0 saturated carbocycles. The molecular formula is C10H8BrClN4S. The van der Waals surface area contributed by atoms with Crippen LogP contribution in [0, 0.1) is 0 Å². The second-order valence-electron chi connectivity index (χ2n) is 3.11. The van der Waals surface area contributed by atoms with Gasteiger partial charge in [0, 0.05) is 10.0 Å². The molecule has 0 saturated heterocycles. The topological polar surface area (TPSA) is 64.7 Å². The molecule has 1 aromatic heterocycles. The number of nitrogen functional groups attached to an aromatic ring is 1. The van der Waals surface area contributed by atoms with Gasteiger partial charge in [-0.15, -0.1) is 0 Å². The van der Waals surface area contributed by atoms with E-state index in [0.717, 1.165) is 10.0 Å². The maximum absolute atomic E-state index is 6.18. The van der Waals surface area contributed by atoms with Gasteiger partial charge >= 0.3 is 0 Å². The Morgan fingerprint density at radius 3 is 2.76 bits per heavy atom. The van der Waals surface area contributed by atoms with E-state index in [1.165, 1.54) is 11.8 Å². The number of hydrogen-bond acceptors (Lipinski definition) is 5. The summed E-state index contributed by atoms with van der Waals surface area (Å²) in [4.78, 5) is 12.4. The standard InChI is InChI=1S/C10H8BrClN4S/c1-17-10-15-8(14-9(13)16-10)5-3-2-4-6(11)7(5)12/h2-4H,1H3,(H2,13,14,15,16). The number of benzene rings is 1. The summed E-state index contributed by atoms with van der Waals surface area (Å²) in [5.74, 6) is 0.670. The summed E-state index contributed by atoms with van der Waals surface area (Å²) in [5.41, 5.74) is 6.36.